The molecular formula is C49H62O14. The normalized spacial score (nSPS) is 39.3. The number of aliphatic hydroxyl groups is 3. The van der Waals surface area contributed by atoms with Crippen molar-refractivity contribution in [3.63, 3.8) is 0 Å². The molecule has 14 nitrogen and oxygen atoms in total. The lowest BCUT2D eigenvalue weighted by molar-refractivity contribution is -0.310. The number of phenolic OH excluding ortho intramolecular Hbond substituents is 1. The number of ketones is 1. The molecular weight excluding hydrogens is 813 g/mol. The highest BCUT2D eigenvalue weighted by Crippen LogP contribution is 2.62. The SMILES string of the molecule is COc1cc(O)cc(C)c1C(=O)OC1C(C)OC(OC2CC(C)=CC3C2CC(C)C2C(C)=CCCC(C)=CC4(C)C=C(C(=O)O)C(C)CC45OC(=O)C(=C(O)C32C)C5=O)C(O)C1O. The number of allylic oxidation sites excluding steroid dienone is 5. The van der Waals surface area contributed by atoms with Gasteiger partial charge in [-0.2, -0.15) is 0 Å². The molecule has 1 aromatic rings. The highest BCUT2D eigenvalue weighted by molar-refractivity contribution is 6.26. The number of aromatic hydroxyl groups is 1. The molecule has 1 aromatic carbocycles. The minimum absolute atomic E-state index is 0.0443. The van der Waals surface area contributed by atoms with Crippen LogP contribution in [0.3, 0.4) is 0 Å². The molecule has 14 atom stereocenters. The van der Waals surface area contributed by atoms with E-state index in [1.807, 2.05) is 33.8 Å². The largest absolute Gasteiger partial charge is 0.511 e. The summed E-state index contributed by atoms with van der Waals surface area (Å²) in [5.74, 6) is -5.98. The number of aliphatic hydroxyl groups excluding tert-OH is 3. The van der Waals surface area contributed by atoms with Crippen LogP contribution in [0.1, 0.15) is 103 Å². The maximum atomic E-state index is 15.1. The van der Waals surface area contributed by atoms with Crippen molar-refractivity contribution in [2.45, 2.75) is 137 Å². The molecule has 1 saturated carbocycles. The standard InChI is InChI=1S/C49H62O14/c1-22-12-11-13-24(3)37-26(5)17-30-32(48(37,9)41(53)36-42(54)49(63-45(36)58)20-27(6)31(43(55)56)21-47(49,8)19-22)14-23(2)15-33(30)61-46-39(52)38(51)40(28(7)60-46)62-44(57)35-25(4)16-29(50)18-34(35)59-10/h13-14,16,18-19,21,26-28,30,32-33,37-40,46,50-53H,11-12,15,17,20H2,1-10H3,(H,55,56). The molecule has 63 heavy (non-hydrogen) atoms. The zero-order chi connectivity index (χ0) is 46.2. The Kier molecular flexibility index (Phi) is 12.2. The van der Waals surface area contributed by atoms with Gasteiger partial charge in [-0.05, 0) is 108 Å². The van der Waals surface area contributed by atoms with E-state index >= 15 is 4.79 Å². The second-order valence-electron chi connectivity index (χ2n) is 19.5. The molecule has 14 heteroatoms. The van der Waals surface area contributed by atoms with Gasteiger partial charge in [-0.1, -0.05) is 61.8 Å². The molecule has 3 fully saturated rings. The summed E-state index contributed by atoms with van der Waals surface area (Å²) in [5.41, 5.74) is -1.50. The number of hydrogen-bond acceptors (Lipinski definition) is 13. The van der Waals surface area contributed by atoms with Gasteiger partial charge in [0.1, 0.15) is 40.6 Å². The Labute approximate surface area is 368 Å². The Morgan fingerprint density at radius 1 is 0.952 bits per heavy atom. The molecule has 14 unspecified atom stereocenters. The van der Waals surface area contributed by atoms with E-state index in [0.29, 0.717) is 31.2 Å². The van der Waals surface area contributed by atoms with Crippen LogP contribution in [0.2, 0.25) is 0 Å². The number of carbonyl (C=O) groups is 4. The monoisotopic (exact) mass is 874 g/mol. The van der Waals surface area contributed by atoms with E-state index < -0.39 is 94.3 Å². The molecule has 342 valence electrons. The van der Waals surface area contributed by atoms with Crippen molar-refractivity contribution in [2.75, 3.05) is 7.11 Å². The van der Waals surface area contributed by atoms with Crippen molar-refractivity contribution in [3.05, 3.63) is 81.2 Å². The predicted molar refractivity (Wildman–Crippen MR) is 228 cm³/mol. The third kappa shape index (κ3) is 7.54. The number of aryl methyl sites for hydroxylation is 1. The number of ether oxygens (including phenoxy) is 5. The van der Waals surface area contributed by atoms with Crippen LogP contribution in [0.25, 0.3) is 0 Å². The Morgan fingerprint density at radius 3 is 2.32 bits per heavy atom. The first-order valence-corrected chi connectivity index (χ1v) is 21.9. The van der Waals surface area contributed by atoms with Crippen LogP contribution in [-0.2, 0) is 33.3 Å². The van der Waals surface area contributed by atoms with E-state index in [-0.39, 0.29) is 52.6 Å². The number of esters is 2. The van der Waals surface area contributed by atoms with Gasteiger partial charge in [0.05, 0.1) is 24.7 Å². The first kappa shape index (κ1) is 46.2. The number of Topliss-reactive ketones (excluding diaryl/α,β-unsaturated/α-hetero) is 1. The van der Waals surface area contributed by atoms with Gasteiger partial charge in [0.2, 0.25) is 5.78 Å². The third-order valence-corrected chi connectivity index (χ3v) is 15.1. The number of benzene rings is 1. The van der Waals surface area contributed by atoms with Crippen molar-refractivity contribution in [3.8, 4) is 11.5 Å². The Morgan fingerprint density at radius 2 is 1.65 bits per heavy atom. The average molecular weight is 875 g/mol. The first-order valence-electron chi connectivity index (χ1n) is 21.9. The molecule has 2 heterocycles. The summed E-state index contributed by atoms with van der Waals surface area (Å²) < 4.78 is 30.1. The molecule has 0 aromatic heterocycles. The van der Waals surface area contributed by atoms with Crippen molar-refractivity contribution in [1.82, 2.24) is 0 Å². The number of rotatable bonds is 6. The fourth-order valence-electron chi connectivity index (χ4n) is 12.2. The second kappa shape index (κ2) is 16.7. The Hall–Kier alpha value is -4.76. The third-order valence-electron chi connectivity index (χ3n) is 15.1. The molecule has 5 N–H and O–H groups in total. The summed E-state index contributed by atoms with van der Waals surface area (Å²) >= 11 is 0. The van der Waals surface area contributed by atoms with E-state index in [4.69, 9.17) is 23.7 Å². The van der Waals surface area contributed by atoms with E-state index in [0.717, 1.165) is 16.7 Å². The Bertz CT molecular complexity index is 2250. The van der Waals surface area contributed by atoms with Crippen LogP contribution < -0.4 is 4.74 Å². The van der Waals surface area contributed by atoms with Crippen molar-refractivity contribution >= 4 is 23.7 Å². The van der Waals surface area contributed by atoms with Gasteiger partial charge >= 0.3 is 17.9 Å². The molecule has 1 spiro atoms. The van der Waals surface area contributed by atoms with Crippen LogP contribution in [0.15, 0.2) is 70.1 Å². The van der Waals surface area contributed by atoms with Crippen LogP contribution in [0.4, 0.5) is 0 Å². The zero-order valence-corrected chi connectivity index (χ0v) is 37.8. The van der Waals surface area contributed by atoms with Crippen LogP contribution >= 0.6 is 0 Å². The number of carboxylic acids is 1. The fraction of sp³-hybridized carbons (Fsp3) is 0.592. The highest BCUT2D eigenvalue weighted by Gasteiger charge is 2.67. The lowest BCUT2D eigenvalue weighted by atomic mass is 9.48. The topological polar surface area (TPSA) is 216 Å². The predicted octanol–water partition coefficient (Wildman–Crippen LogP) is 6.75. The van der Waals surface area contributed by atoms with Crippen molar-refractivity contribution in [2.24, 2.45) is 40.4 Å². The quantitative estimate of drug-likeness (QED) is 0.114. The lowest BCUT2D eigenvalue weighted by Gasteiger charge is -2.56. The maximum absolute atomic E-state index is 15.1. The number of fused-ring (bicyclic) bond motifs is 4. The number of phenols is 1. The van der Waals surface area contributed by atoms with E-state index in [2.05, 4.69) is 19.1 Å². The minimum Gasteiger partial charge on any atom is -0.511 e. The second-order valence-corrected chi connectivity index (χ2v) is 19.5. The van der Waals surface area contributed by atoms with Crippen LogP contribution in [-0.4, -0.2) is 98.7 Å². The molecule has 2 bridgehead atoms. The molecule has 0 amide bonds. The summed E-state index contributed by atoms with van der Waals surface area (Å²) in [4.78, 5) is 55.3. The highest BCUT2D eigenvalue weighted by atomic mass is 16.7. The summed E-state index contributed by atoms with van der Waals surface area (Å²) in [6.07, 6.45) is 2.29. The number of carboxylic acid groups (broad SMARTS) is 1. The van der Waals surface area contributed by atoms with Crippen molar-refractivity contribution in [1.29, 1.82) is 0 Å². The number of aliphatic carboxylic acids is 1. The van der Waals surface area contributed by atoms with Crippen LogP contribution in [0.5, 0.6) is 11.5 Å². The van der Waals surface area contributed by atoms with E-state index in [1.165, 1.54) is 25.3 Å². The average Bonchev–Trinajstić information content (AvgIpc) is 3.44. The molecule has 0 radical (unpaired) electrons. The fourth-order valence-corrected chi connectivity index (χ4v) is 12.2. The van der Waals surface area contributed by atoms with Gasteiger partial charge < -0.3 is 49.2 Å². The molecule has 2 aliphatic heterocycles. The smallest absolute Gasteiger partial charge is 0.346 e. The minimum atomic E-state index is -1.80. The molecule has 4 aliphatic carbocycles. The first-order chi connectivity index (χ1) is 29.5. The van der Waals surface area contributed by atoms with Gasteiger partial charge in [-0.15, -0.1) is 0 Å². The molecule has 6 aliphatic rings. The summed E-state index contributed by atoms with van der Waals surface area (Å²) in [6.45, 7) is 16.4. The van der Waals surface area contributed by atoms with Gasteiger partial charge in [-0.25, -0.2) is 14.4 Å². The van der Waals surface area contributed by atoms with E-state index in [9.17, 15) is 39.9 Å². The maximum Gasteiger partial charge on any atom is 0.346 e. The van der Waals surface area contributed by atoms with Gasteiger partial charge in [-0.3, -0.25) is 4.79 Å². The summed E-state index contributed by atoms with van der Waals surface area (Å²) in [5, 5.41) is 56.1. The zero-order valence-electron chi connectivity index (χ0n) is 37.8. The number of hydrogen-bond donors (Lipinski definition) is 5. The van der Waals surface area contributed by atoms with Gasteiger partial charge in [0.25, 0.3) is 0 Å². The number of carbonyl (C=O) groups excluding carboxylic acids is 3. The van der Waals surface area contributed by atoms with E-state index in [1.54, 1.807) is 27.7 Å². The summed E-state index contributed by atoms with van der Waals surface area (Å²) in [6, 6.07) is 2.65. The molecule has 7 rings (SSSR count). The lowest BCUT2D eigenvalue weighted by Crippen LogP contribution is -2.60. The van der Waals surface area contributed by atoms with Gasteiger partial charge in [0, 0.05) is 23.5 Å². The Balaban J connectivity index is 1.24. The van der Waals surface area contributed by atoms with Crippen LogP contribution in [0, 0.1) is 47.3 Å². The summed E-state index contributed by atoms with van der Waals surface area (Å²) in [7, 11) is 1.34. The van der Waals surface area contributed by atoms with Crippen molar-refractivity contribution < 1.29 is 68.4 Å². The number of methoxy groups -OCH3 is 1. The van der Waals surface area contributed by atoms with Gasteiger partial charge in [0.15, 0.2) is 18.0 Å². The molecule has 2 saturated heterocycles.